The highest BCUT2D eigenvalue weighted by molar-refractivity contribution is 9.10. The van der Waals surface area contributed by atoms with Crippen LogP contribution in [0, 0.1) is 0 Å². The molecule has 0 aromatic heterocycles. The summed E-state index contributed by atoms with van der Waals surface area (Å²) in [4.78, 5) is 12.1. The number of aryl methyl sites for hydroxylation is 1. The molecular formula is C19H16BrNO. The first-order chi connectivity index (χ1) is 10.7. The summed E-state index contributed by atoms with van der Waals surface area (Å²) in [7, 11) is 0. The van der Waals surface area contributed by atoms with Crippen LogP contribution in [0.4, 0.5) is 5.69 Å². The van der Waals surface area contributed by atoms with E-state index in [1.807, 2.05) is 42.5 Å². The number of halogens is 1. The van der Waals surface area contributed by atoms with Crippen LogP contribution in [0.5, 0.6) is 0 Å². The average Bonchev–Trinajstić information content (AvgIpc) is 2.55. The first kappa shape index (κ1) is 14.8. The van der Waals surface area contributed by atoms with E-state index in [0.29, 0.717) is 6.42 Å². The van der Waals surface area contributed by atoms with Gasteiger partial charge in [0.1, 0.15) is 0 Å². The minimum atomic E-state index is 0.0276. The highest BCUT2D eigenvalue weighted by atomic mass is 79.9. The Hall–Kier alpha value is -2.13. The molecule has 0 saturated carbocycles. The first-order valence-electron chi connectivity index (χ1n) is 7.25. The number of carbonyl (C=O) groups is 1. The number of hydrogen-bond acceptors (Lipinski definition) is 1. The molecule has 0 aliphatic rings. The molecule has 3 aromatic carbocycles. The molecule has 3 rings (SSSR count). The van der Waals surface area contributed by atoms with Crippen molar-refractivity contribution < 1.29 is 4.79 Å². The van der Waals surface area contributed by atoms with E-state index in [1.54, 1.807) is 0 Å². The molecular weight excluding hydrogens is 338 g/mol. The topological polar surface area (TPSA) is 29.1 Å². The number of rotatable bonds is 4. The van der Waals surface area contributed by atoms with E-state index in [-0.39, 0.29) is 5.91 Å². The van der Waals surface area contributed by atoms with Gasteiger partial charge in [-0.15, -0.1) is 0 Å². The minimum absolute atomic E-state index is 0.0276. The van der Waals surface area contributed by atoms with Crippen LogP contribution in [0.25, 0.3) is 10.8 Å². The SMILES string of the molecule is O=C(CCc1cccc2ccccc12)Nc1ccccc1Br. The summed E-state index contributed by atoms with van der Waals surface area (Å²) in [5.41, 5.74) is 2.02. The second kappa shape index (κ2) is 6.75. The van der Waals surface area contributed by atoms with Gasteiger partial charge in [0, 0.05) is 10.9 Å². The van der Waals surface area contributed by atoms with E-state index < -0.39 is 0 Å². The lowest BCUT2D eigenvalue weighted by Gasteiger charge is -2.09. The van der Waals surface area contributed by atoms with Crippen molar-refractivity contribution in [2.75, 3.05) is 5.32 Å². The quantitative estimate of drug-likeness (QED) is 0.688. The van der Waals surface area contributed by atoms with Crippen LogP contribution >= 0.6 is 15.9 Å². The van der Waals surface area contributed by atoms with Gasteiger partial charge >= 0.3 is 0 Å². The summed E-state index contributed by atoms with van der Waals surface area (Å²) in [6.07, 6.45) is 1.20. The Balaban J connectivity index is 1.69. The van der Waals surface area contributed by atoms with E-state index in [9.17, 15) is 4.79 Å². The number of carbonyl (C=O) groups excluding carboxylic acids is 1. The number of para-hydroxylation sites is 1. The molecule has 0 atom stereocenters. The Morgan fingerprint density at radius 2 is 1.64 bits per heavy atom. The van der Waals surface area contributed by atoms with Crippen molar-refractivity contribution in [2.45, 2.75) is 12.8 Å². The molecule has 3 heteroatoms. The van der Waals surface area contributed by atoms with Gasteiger partial charge in [-0.1, -0.05) is 54.6 Å². The smallest absolute Gasteiger partial charge is 0.224 e. The van der Waals surface area contributed by atoms with E-state index >= 15 is 0 Å². The fourth-order valence-electron chi connectivity index (χ4n) is 2.53. The molecule has 0 unspecified atom stereocenters. The zero-order chi connectivity index (χ0) is 15.4. The third kappa shape index (κ3) is 3.37. The van der Waals surface area contributed by atoms with Crippen LogP contribution < -0.4 is 5.32 Å². The summed E-state index contributed by atoms with van der Waals surface area (Å²) in [5.74, 6) is 0.0276. The van der Waals surface area contributed by atoms with Crippen LogP contribution in [0.2, 0.25) is 0 Å². The van der Waals surface area contributed by atoms with Crippen molar-refractivity contribution in [3.8, 4) is 0 Å². The summed E-state index contributed by atoms with van der Waals surface area (Å²) in [6, 6.07) is 22.1. The van der Waals surface area contributed by atoms with Gasteiger partial charge in [-0.2, -0.15) is 0 Å². The van der Waals surface area contributed by atoms with Gasteiger partial charge in [-0.3, -0.25) is 4.79 Å². The van der Waals surface area contributed by atoms with Crippen molar-refractivity contribution in [3.05, 3.63) is 76.8 Å². The Kier molecular flexibility index (Phi) is 4.54. The predicted octanol–water partition coefficient (Wildman–Crippen LogP) is 5.17. The van der Waals surface area contributed by atoms with Gasteiger partial charge in [0.25, 0.3) is 0 Å². The van der Waals surface area contributed by atoms with Gasteiger partial charge in [-0.05, 0) is 50.8 Å². The lowest BCUT2D eigenvalue weighted by Crippen LogP contribution is -2.12. The normalized spacial score (nSPS) is 10.6. The number of benzene rings is 3. The molecule has 1 amide bonds. The van der Waals surface area contributed by atoms with E-state index in [0.717, 1.165) is 16.6 Å². The van der Waals surface area contributed by atoms with Gasteiger partial charge in [0.05, 0.1) is 5.69 Å². The molecule has 110 valence electrons. The molecule has 3 aromatic rings. The zero-order valence-electron chi connectivity index (χ0n) is 12.1. The van der Waals surface area contributed by atoms with Crippen molar-refractivity contribution >= 4 is 38.3 Å². The summed E-state index contributed by atoms with van der Waals surface area (Å²) < 4.78 is 0.897. The maximum atomic E-state index is 12.1. The standard InChI is InChI=1S/C19H16BrNO/c20-17-10-3-4-11-18(17)21-19(22)13-12-15-8-5-7-14-6-1-2-9-16(14)15/h1-11H,12-13H2,(H,21,22). The molecule has 0 saturated heterocycles. The Morgan fingerprint density at radius 1 is 0.909 bits per heavy atom. The highest BCUT2D eigenvalue weighted by Crippen LogP contribution is 2.22. The van der Waals surface area contributed by atoms with Gasteiger partial charge < -0.3 is 5.32 Å². The summed E-state index contributed by atoms with van der Waals surface area (Å²) >= 11 is 3.44. The molecule has 0 heterocycles. The van der Waals surface area contributed by atoms with Crippen LogP contribution in [0.1, 0.15) is 12.0 Å². The minimum Gasteiger partial charge on any atom is -0.325 e. The number of anilines is 1. The molecule has 1 N–H and O–H groups in total. The monoisotopic (exact) mass is 353 g/mol. The Labute approximate surface area is 138 Å². The van der Waals surface area contributed by atoms with Crippen LogP contribution in [-0.4, -0.2) is 5.91 Å². The molecule has 2 nitrogen and oxygen atoms in total. The first-order valence-corrected chi connectivity index (χ1v) is 8.04. The molecule has 0 fully saturated rings. The number of nitrogens with one attached hydrogen (secondary N) is 1. The van der Waals surface area contributed by atoms with E-state index in [4.69, 9.17) is 0 Å². The second-order valence-electron chi connectivity index (χ2n) is 5.17. The predicted molar refractivity (Wildman–Crippen MR) is 95.0 cm³/mol. The van der Waals surface area contributed by atoms with Crippen LogP contribution in [0.3, 0.4) is 0 Å². The molecule has 0 bridgehead atoms. The van der Waals surface area contributed by atoms with Crippen molar-refractivity contribution in [1.29, 1.82) is 0 Å². The van der Waals surface area contributed by atoms with Gasteiger partial charge in [0.15, 0.2) is 0 Å². The van der Waals surface area contributed by atoms with Crippen molar-refractivity contribution in [1.82, 2.24) is 0 Å². The Morgan fingerprint density at radius 3 is 2.50 bits per heavy atom. The third-order valence-corrected chi connectivity index (χ3v) is 4.34. The van der Waals surface area contributed by atoms with Gasteiger partial charge in [0.2, 0.25) is 5.91 Å². The van der Waals surface area contributed by atoms with Crippen LogP contribution in [-0.2, 0) is 11.2 Å². The fraction of sp³-hybridized carbons (Fsp3) is 0.105. The van der Waals surface area contributed by atoms with Crippen molar-refractivity contribution in [3.63, 3.8) is 0 Å². The molecule has 0 spiro atoms. The van der Waals surface area contributed by atoms with Gasteiger partial charge in [-0.25, -0.2) is 0 Å². The average molecular weight is 354 g/mol. The number of amides is 1. The molecule has 0 radical (unpaired) electrons. The van der Waals surface area contributed by atoms with Crippen molar-refractivity contribution in [2.24, 2.45) is 0 Å². The fourth-order valence-corrected chi connectivity index (χ4v) is 2.92. The largest absolute Gasteiger partial charge is 0.325 e. The molecule has 0 aliphatic carbocycles. The van der Waals surface area contributed by atoms with E-state index in [1.165, 1.54) is 16.3 Å². The third-order valence-electron chi connectivity index (χ3n) is 3.65. The maximum Gasteiger partial charge on any atom is 0.224 e. The summed E-state index contributed by atoms with van der Waals surface area (Å²) in [6.45, 7) is 0. The zero-order valence-corrected chi connectivity index (χ0v) is 13.6. The maximum absolute atomic E-state index is 12.1. The molecule has 22 heavy (non-hydrogen) atoms. The highest BCUT2D eigenvalue weighted by Gasteiger charge is 2.07. The van der Waals surface area contributed by atoms with Crippen LogP contribution in [0.15, 0.2) is 71.2 Å². The lowest BCUT2D eigenvalue weighted by atomic mass is 10.0. The van der Waals surface area contributed by atoms with E-state index in [2.05, 4.69) is 45.5 Å². The molecule has 0 aliphatic heterocycles. The lowest BCUT2D eigenvalue weighted by molar-refractivity contribution is -0.116. The summed E-state index contributed by atoms with van der Waals surface area (Å²) in [5, 5.41) is 5.38. The second-order valence-corrected chi connectivity index (χ2v) is 6.02. The number of hydrogen-bond donors (Lipinski definition) is 1. The number of fused-ring (bicyclic) bond motifs is 1. The Bertz CT molecular complexity index is 808.